The summed E-state index contributed by atoms with van der Waals surface area (Å²) in [6.07, 6.45) is 2.38. The Balaban J connectivity index is 1.51. The highest BCUT2D eigenvalue weighted by Gasteiger charge is 2.47. The standard InChI is InChI=1S/C25H26N2O5S/c1-17-15-22(18(2)27(17)20-9-11-21(12-10-20)33(26,30)31)23(28)16-32-24(29)25(13-6-14-25)19-7-4-3-5-8-19/h3-5,7-12,15H,6,13-14,16H2,1-2H3,(H2,26,30,31). The zero-order valence-electron chi connectivity index (χ0n) is 18.6. The fourth-order valence-corrected chi connectivity index (χ4v) is 4.99. The molecule has 172 valence electrons. The molecule has 1 saturated carbocycles. The van der Waals surface area contributed by atoms with Crippen molar-refractivity contribution in [3.8, 4) is 5.69 Å². The minimum atomic E-state index is -3.79. The first-order valence-electron chi connectivity index (χ1n) is 10.7. The highest BCUT2D eigenvalue weighted by molar-refractivity contribution is 7.89. The van der Waals surface area contributed by atoms with Gasteiger partial charge in [-0.1, -0.05) is 36.8 Å². The second-order valence-electron chi connectivity index (χ2n) is 8.46. The van der Waals surface area contributed by atoms with Crippen molar-refractivity contribution in [1.29, 1.82) is 0 Å². The highest BCUT2D eigenvalue weighted by Crippen LogP contribution is 2.44. The van der Waals surface area contributed by atoms with E-state index >= 15 is 0 Å². The average molecular weight is 467 g/mol. The number of hydrogen-bond acceptors (Lipinski definition) is 5. The van der Waals surface area contributed by atoms with Crippen LogP contribution in [0.1, 0.15) is 46.6 Å². The van der Waals surface area contributed by atoms with E-state index in [1.807, 2.05) is 41.8 Å². The predicted octanol–water partition coefficient (Wildman–Crippen LogP) is 3.59. The van der Waals surface area contributed by atoms with Gasteiger partial charge in [-0.15, -0.1) is 0 Å². The summed E-state index contributed by atoms with van der Waals surface area (Å²) in [7, 11) is -3.79. The van der Waals surface area contributed by atoms with Crippen LogP contribution in [0.2, 0.25) is 0 Å². The molecular formula is C25H26N2O5S. The van der Waals surface area contributed by atoms with Gasteiger partial charge in [0.2, 0.25) is 15.8 Å². The lowest BCUT2D eigenvalue weighted by molar-refractivity contribution is -0.153. The van der Waals surface area contributed by atoms with Crippen molar-refractivity contribution in [3.63, 3.8) is 0 Å². The largest absolute Gasteiger partial charge is 0.457 e. The van der Waals surface area contributed by atoms with Crippen LogP contribution in [0.15, 0.2) is 65.6 Å². The number of aromatic nitrogens is 1. The topological polar surface area (TPSA) is 108 Å². The second-order valence-corrected chi connectivity index (χ2v) is 10.0. The summed E-state index contributed by atoms with van der Waals surface area (Å²) in [6.45, 7) is 3.32. The number of ether oxygens (including phenoxy) is 1. The molecule has 1 aliphatic carbocycles. The van der Waals surface area contributed by atoms with Gasteiger partial charge in [0, 0.05) is 22.6 Å². The van der Waals surface area contributed by atoms with E-state index in [4.69, 9.17) is 9.88 Å². The van der Waals surface area contributed by atoms with Gasteiger partial charge in [-0.05, 0) is 62.6 Å². The fourth-order valence-electron chi connectivity index (χ4n) is 4.47. The molecule has 1 aliphatic rings. The smallest absolute Gasteiger partial charge is 0.317 e. The molecule has 0 aliphatic heterocycles. The highest BCUT2D eigenvalue weighted by atomic mass is 32.2. The Hall–Kier alpha value is -3.23. The molecule has 0 spiro atoms. The summed E-state index contributed by atoms with van der Waals surface area (Å²) in [5.74, 6) is -0.646. The number of carbonyl (C=O) groups excluding carboxylic acids is 2. The molecule has 0 radical (unpaired) electrons. The van der Waals surface area contributed by atoms with Crippen LogP contribution >= 0.6 is 0 Å². The molecular weight excluding hydrogens is 440 g/mol. The lowest BCUT2D eigenvalue weighted by atomic mass is 9.64. The van der Waals surface area contributed by atoms with Crippen LogP contribution in [0.25, 0.3) is 5.69 Å². The Kier molecular flexibility index (Phi) is 5.99. The van der Waals surface area contributed by atoms with E-state index in [0.29, 0.717) is 29.8 Å². The minimum absolute atomic E-state index is 0.0141. The number of esters is 1. The molecule has 8 heteroatoms. The van der Waals surface area contributed by atoms with Crippen LogP contribution in [-0.2, 0) is 25.0 Å². The molecule has 2 aromatic carbocycles. The first-order valence-corrected chi connectivity index (χ1v) is 12.3. The quantitative estimate of drug-likeness (QED) is 0.423. The summed E-state index contributed by atoms with van der Waals surface area (Å²) in [4.78, 5) is 25.9. The normalized spacial score (nSPS) is 15.0. The molecule has 4 rings (SSSR count). The molecule has 0 bridgehead atoms. The fraction of sp³-hybridized carbons (Fsp3) is 0.280. The lowest BCUT2D eigenvalue weighted by Crippen LogP contribution is -2.44. The zero-order chi connectivity index (χ0) is 23.8. The van der Waals surface area contributed by atoms with Crippen molar-refractivity contribution in [2.45, 2.75) is 43.4 Å². The van der Waals surface area contributed by atoms with Crippen LogP contribution < -0.4 is 5.14 Å². The van der Waals surface area contributed by atoms with E-state index < -0.39 is 15.4 Å². The van der Waals surface area contributed by atoms with E-state index in [9.17, 15) is 18.0 Å². The van der Waals surface area contributed by atoms with Gasteiger partial charge in [-0.25, -0.2) is 13.6 Å². The van der Waals surface area contributed by atoms with Gasteiger partial charge in [0.25, 0.3) is 0 Å². The number of nitrogens with two attached hydrogens (primary N) is 1. The van der Waals surface area contributed by atoms with Crippen molar-refractivity contribution >= 4 is 21.8 Å². The SMILES string of the molecule is Cc1cc(C(=O)COC(=O)C2(c3ccccc3)CCC2)c(C)n1-c1ccc(S(N)(=O)=O)cc1. The summed E-state index contributed by atoms with van der Waals surface area (Å²) in [6, 6.07) is 17.4. The van der Waals surface area contributed by atoms with Crippen molar-refractivity contribution < 1.29 is 22.7 Å². The maximum Gasteiger partial charge on any atom is 0.317 e. The summed E-state index contributed by atoms with van der Waals surface area (Å²) >= 11 is 0. The third-order valence-electron chi connectivity index (χ3n) is 6.41. The monoisotopic (exact) mass is 466 g/mol. The van der Waals surface area contributed by atoms with Gasteiger partial charge in [0.05, 0.1) is 10.3 Å². The number of carbonyl (C=O) groups is 2. The van der Waals surface area contributed by atoms with Gasteiger partial charge >= 0.3 is 5.97 Å². The number of aryl methyl sites for hydroxylation is 1. The summed E-state index contributed by atoms with van der Waals surface area (Å²) in [5, 5.41) is 5.17. The van der Waals surface area contributed by atoms with E-state index in [0.717, 1.165) is 17.7 Å². The number of benzene rings is 2. The van der Waals surface area contributed by atoms with Gasteiger partial charge in [0.1, 0.15) is 0 Å². The van der Waals surface area contributed by atoms with Crippen LogP contribution in [0.3, 0.4) is 0 Å². The van der Waals surface area contributed by atoms with Crippen LogP contribution in [0.4, 0.5) is 0 Å². The van der Waals surface area contributed by atoms with Crippen molar-refractivity contribution in [2.75, 3.05) is 6.61 Å². The zero-order valence-corrected chi connectivity index (χ0v) is 19.4. The van der Waals surface area contributed by atoms with Gasteiger partial charge in [-0.2, -0.15) is 0 Å². The minimum Gasteiger partial charge on any atom is -0.457 e. The Morgan fingerprint density at radius 3 is 2.21 bits per heavy atom. The van der Waals surface area contributed by atoms with E-state index in [2.05, 4.69) is 0 Å². The second kappa shape index (κ2) is 8.61. The molecule has 1 fully saturated rings. The maximum atomic E-state index is 12.9. The van der Waals surface area contributed by atoms with Gasteiger partial charge in [0.15, 0.2) is 6.61 Å². The molecule has 3 aromatic rings. The van der Waals surface area contributed by atoms with Crippen molar-refractivity contribution in [3.05, 3.63) is 83.2 Å². The van der Waals surface area contributed by atoms with Crippen LogP contribution in [-0.4, -0.2) is 31.3 Å². The number of hydrogen-bond donors (Lipinski definition) is 1. The molecule has 33 heavy (non-hydrogen) atoms. The van der Waals surface area contributed by atoms with Crippen molar-refractivity contribution in [2.24, 2.45) is 5.14 Å². The average Bonchev–Trinajstić information content (AvgIpc) is 3.05. The van der Waals surface area contributed by atoms with Crippen LogP contribution in [0.5, 0.6) is 0 Å². The van der Waals surface area contributed by atoms with Crippen LogP contribution in [0, 0.1) is 13.8 Å². The van der Waals surface area contributed by atoms with E-state index in [1.54, 1.807) is 25.1 Å². The first-order chi connectivity index (χ1) is 15.6. The number of ketones is 1. The maximum absolute atomic E-state index is 12.9. The molecule has 0 amide bonds. The Morgan fingerprint density at radius 2 is 1.67 bits per heavy atom. The Labute approximate surface area is 193 Å². The van der Waals surface area contributed by atoms with Gasteiger partial charge in [-0.3, -0.25) is 9.59 Å². The molecule has 0 saturated heterocycles. The molecule has 7 nitrogen and oxygen atoms in total. The molecule has 0 atom stereocenters. The van der Waals surface area contributed by atoms with Crippen molar-refractivity contribution in [1.82, 2.24) is 4.57 Å². The third kappa shape index (κ3) is 4.24. The number of primary sulfonamides is 1. The number of Topliss-reactive ketones (excluding diaryl/α,β-unsaturated/α-hetero) is 1. The summed E-state index contributed by atoms with van der Waals surface area (Å²) in [5.41, 5.74) is 2.89. The lowest BCUT2D eigenvalue weighted by Gasteiger charge is -2.39. The Morgan fingerprint density at radius 1 is 1.03 bits per heavy atom. The van der Waals surface area contributed by atoms with E-state index in [1.165, 1.54) is 12.1 Å². The number of rotatable bonds is 7. The predicted molar refractivity (Wildman–Crippen MR) is 124 cm³/mol. The molecule has 2 N–H and O–H groups in total. The summed E-state index contributed by atoms with van der Waals surface area (Å²) < 4.78 is 30.4. The molecule has 1 aromatic heterocycles. The third-order valence-corrected chi connectivity index (χ3v) is 7.34. The molecule has 0 unspecified atom stereocenters. The Bertz CT molecular complexity index is 1300. The molecule has 1 heterocycles. The number of sulfonamides is 1. The number of nitrogens with zero attached hydrogens (tertiary/aromatic N) is 1. The van der Waals surface area contributed by atoms with E-state index in [-0.39, 0.29) is 23.3 Å². The first kappa shape index (κ1) is 22.9. The van der Waals surface area contributed by atoms with Gasteiger partial charge < -0.3 is 9.30 Å².